The van der Waals surface area contributed by atoms with E-state index in [0.29, 0.717) is 6.54 Å². The van der Waals surface area contributed by atoms with Crippen LogP contribution in [0.3, 0.4) is 0 Å². The molecule has 1 amide bonds. The van der Waals surface area contributed by atoms with E-state index in [0.717, 1.165) is 33.3 Å². The molecule has 0 aliphatic carbocycles. The van der Waals surface area contributed by atoms with Crippen LogP contribution in [0.1, 0.15) is 16.8 Å². The van der Waals surface area contributed by atoms with Gasteiger partial charge in [0.2, 0.25) is 0 Å². The van der Waals surface area contributed by atoms with Gasteiger partial charge in [-0.05, 0) is 43.2 Å². The third-order valence-corrected chi connectivity index (χ3v) is 4.73. The fraction of sp³-hybridized carbons (Fsp3) is 0.211. The Morgan fingerprint density at radius 2 is 2.08 bits per heavy atom. The summed E-state index contributed by atoms with van der Waals surface area (Å²) in [5.41, 5.74) is 3.84. The second-order valence-electron chi connectivity index (χ2n) is 5.62. The first-order chi connectivity index (χ1) is 12.1. The van der Waals surface area contributed by atoms with Crippen LogP contribution in [0.15, 0.2) is 48.0 Å². The largest absolute Gasteiger partial charge is 0.483 e. The van der Waals surface area contributed by atoms with Gasteiger partial charge in [0, 0.05) is 11.6 Å². The van der Waals surface area contributed by atoms with Gasteiger partial charge in [-0.2, -0.15) is 0 Å². The molecule has 0 aliphatic heterocycles. The molecule has 25 heavy (non-hydrogen) atoms. The molecule has 0 fully saturated rings. The number of ether oxygens (including phenoxy) is 1. The van der Waals surface area contributed by atoms with Gasteiger partial charge in [-0.25, -0.2) is 4.98 Å². The number of hydrogen-bond donors (Lipinski definition) is 1. The first kappa shape index (κ1) is 17.1. The van der Waals surface area contributed by atoms with Crippen molar-refractivity contribution in [2.45, 2.75) is 20.4 Å². The molecule has 5 nitrogen and oxygen atoms in total. The average Bonchev–Trinajstić information content (AvgIpc) is 3.11. The van der Waals surface area contributed by atoms with Gasteiger partial charge in [0.25, 0.3) is 5.91 Å². The summed E-state index contributed by atoms with van der Waals surface area (Å²) in [5, 5.41) is 5.60. The van der Waals surface area contributed by atoms with Crippen molar-refractivity contribution in [3.8, 4) is 16.5 Å². The summed E-state index contributed by atoms with van der Waals surface area (Å²) in [6, 6.07) is 11.5. The van der Waals surface area contributed by atoms with Gasteiger partial charge in [-0.1, -0.05) is 18.2 Å². The molecule has 0 saturated carbocycles. The zero-order valence-electron chi connectivity index (χ0n) is 14.2. The Bertz CT molecular complexity index is 862. The number of hydrogen-bond acceptors (Lipinski definition) is 5. The van der Waals surface area contributed by atoms with Gasteiger partial charge >= 0.3 is 0 Å². The highest BCUT2D eigenvalue weighted by molar-refractivity contribution is 7.13. The van der Waals surface area contributed by atoms with Gasteiger partial charge in [0.15, 0.2) is 6.61 Å². The smallest absolute Gasteiger partial charge is 0.258 e. The van der Waals surface area contributed by atoms with E-state index >= 15 is 0 Å². The van der Waals surface area contributed by atoms with Crippen molar-refractivity contribution in [2.24, 2.45) is 0 Å². The van der Waals surface area contributed by atoms with Crippen LogP contribution in [0.5, 0.6) is 5.75 Å². The van der Waals surface area contributed by atoms with Crippen molar-refractivity contribution in [3.05, 3.63) is 64.8 Å². The number of amides is 1. The highest BCUT2D eigenvalue weighted by atomic mass is 32.1. The lowest BCUT2D eigenvalue weighted by atomic mass is 10.1. The zero-order valence-corrected chi connectivity index (χ0v) is 15.0. The van der Waals surface area contributed by atoms with E-state index in [1.54, 1.807) is 6.20 Å². The summed E-state index contributed by atoms with van der Waals surface area (Å²) in [5.74, 6) is 0.564. The lowest BCUT2D eigenvalue weighted by Gasteiger charge is -2.10. The number of thiazole rings is 1. The number of pyridine rings is 1. The highest BCUT2D eigenvalue weighted by Crippen LogP contribution is 2.21. The van der Waals surface area contributed by atoms with E-state index in [1.807, 2.05) is 55.6 Å². The van der Waals surface area contributed by atoms with E-state index < -0.39 is 0 Å². The zero-order chi connectivity index (χ0) is 17.6. The van der Waals surface area contributed by atoms with Crippen LogP contribution in [0.4, 0.5) is 0 Å². The van der Waals surface area contributed by atoms with Crippen LogP contribution in [0.2, 0.25) is 0 Å². The van der Waals surface area contributed by atoms with Gasteiger partial charge in [-0.3, -0.25) is 9.78 Å². The van der Waals surface area contributed by atoms with E-state index in [9.17, 15) is 4.79 Å². The quantitative estimate of drug-likeness (QED) is 0.736. The molecule has 0 aliphatic rings. The maximum absolute atomic E-state index is 12.0. The van der Waals surface area contributed by atoms with Crippen LogP contribution in [0, 0.1) is 13.8 Å². The monoisotopic (exact) mass is 353 g/mol. The Morgan fingerprint density at radius 3 is 2.88 bits per heavy atom. The number of nitrogens with one attached hydrogen (secondary N) is 1. The molecule has 128 valence electrons. The molecule has 0 spiro atoms. The van der Waals surface area contributed by atoms with Crippen LogP contribution in [0.25, 0.3) is 10.7 Å². The number of rotatable bonds is 6. The van der Waals surface area contributed by atoms with Gasteiger partial charge in [0.1, 0.15) is 10.8 Å². The molecule has 0 unspecified atom stereocenters. The number of carbonyl (C=O) groups excluding carboxylic acids is 1. The third kappa shape index (κ3) is 4.42. The molecule has 2 aromatic heterocycles. The van der Waals surface area contributed by atoms with E-state index in [4.69, 9.17) is 4.74 Å². The second kappa shape index (κ2) is 7.90. The Kier molecular flexibility index (Phi) is 5.40. The van der Waals surface area contributed by atoms with Crippen molar-refractivity contribution in [2.75, 3.05) is 6.61 Å². The van der Waals surface area contributed by atoms with Crippen molar-refractivity contribution in [1.29, 1.82) is 0 Å². The normalized spacial score (nSPS) is 10.5. The molecule has 3 aromatic rings. The lowest BCUT2D eigenvalue weighted by molar-refractivity contribution is -0.123. The van der Waals surface area contributed by atoms with Crippen molar-refractivity contribution >= 4 is 17.2 Å². The molecule has 0 bridgehead atoms. The molecule has 1 aromatic carbocycles. The third-order valence-electron chi connectivity index (χ3n) is 3.82. The van der Waals surface area contributed by atoms with E-state index in [2.05, 4.69) is 15.3 Å². The summed E-state index contributed by atoms with van der Waals surface area (Å²) >= 11 is 1.51. The number of aryl methyl sites for hydroxylation is 1. The highest BCUT2D eigenvalue weighted by Gasteiger charge is 2.09. The fourth-order valence-electron chi connectivity index (χ4n) is 2.26. The molecule has 0 radical (unpaired) electrons. The summed E-state index contributed by atoms with van der Waals surface area (Å²) in [6.45, 7) is 4.36. The molecule has 6 heteroatoms. The van der Waals surface area contributed by atoms with Crippen LogP contribution in [-0.4, -0.2) is 22.5 Å². The Balaban J connectivity index is 1.51. The second-order valence-corrected chi connectivity index (χ2v) is 6.48. The van der Waals surface area contributed by atoms with Crippen LogP contribution < -0.4 is 10.1 Å². The number of carbonyl (C=O) groups is 1. The summed E-state index contributed by atoms with van der Waals surface area (Å²) < 4.78 is 5.60. The Morgan fingerprint density at radius 1 is 1.20 bits per heavy atom. The maximum Gasteiger partial charge on any atom is 0.258 e. The standard InChI is InChI=1S/C19H19N3O2S/c1-13-6-5-8-17(14(13)2)24-11-18(23)21-10-15-12-25-19(22-15)16-7-3-4-9-20-16/h3-9,12H,10-11H2,1-2H3,(H,21,23). The predicted molar refractivity (Wildman–Crippen MR) is 98.6 cm³/mol. The molecular weight excluding hydrogens is 334 g/mol. The number of benzene rings is 1. The van der Waals surface area contributed by atoms with Crippen molar-refractivity contribution in [1.82, 2.24) is 15.3 Å². The fourth-order valence-corrected chi connectivity index (χ4v) is 3.05. The number of nitrogens with zero attached hydrogens (tertiary/aromatic N) is 2. The van der Waals surface area contributed by atoms with Crippen LogP contribution >= 0.6 is 11.3 Å². The summed E-state index contributed by atoms with van der Waals surface area (Å²) in [4.78, 5) is 20.8. The molecule has 1 N–H and O–H groups in total. The Labute approximate surface area is 150 Å². The van der Waals surface area contributed by atoms with E-state index in [1.165, 1.54) is 11.3 Å². The first-order valence-electron chi connectivity index (χ1n) is 7.95. The number of aromatic nitrogens is 2. The SMILES string of the molecule is Cc1cccc(OCC(=O)NCc2csc(-c3ccccn3)n2)c1C. The van der Waals surface area contributed by atoms with Crippen molar-refractivity contribution < 1.29 is 9.53 Å². The van der Waals surface area contributed by atoms with Crippen molar-refractivity contribution in [3.63, 3.8) is 0 Å². The first-order valence-corrected chi connectivity index (χ1v) is 8.83. The average molecular weight is 353 g/mol. The maximum atomic E-state index is 12.0. The van der Waals surface area contributed by atoms with E-state index in [-0.39, 0.29) is 12.5 Å². The minimum Gasteiger partial charge on any atom is -0.483 e. The predicted octanol–water partition coefficient (Wildman–Crippen LogP) is 3.52. The summed E-state index contributed by atoms with van der Waals surface area (Å²) in [6.07, 6.45) is 1.74. The summed E-state index contributed by atoms with van der Waals surface area (Å²) in [7, 11) is 0. The molecule has 0 saturated heterocycles. The molecule has 3 rings (SSSR count). The molecule has 2 heterocycles. The Hall–Kier alpha value is -2.73. The molecular formula is C19H19N3O2S. The molecule has 0 atom stereocenters. The van der Waals surface area contributed by atoms with Gasteiger partial charge < -0.3 is 10.1 Å². The minimum absolute atomic E-state index is 0.0124. The minimum atomic E-state index is -0.173. The van der Waals surface area contributed by atoms with Gasteiger partial charge in [0.05, 0.1) is 17.9 Å². The van der Waals surface area contributed by atoms with Crippen LogP contribution in [-0.2, 0) is 11.3 Å². The van der Waals surface area contributed by atoms with Gasteiger partial charge in [-0.15, -0.1) is 11.3 Å². The topological polar surface area (TPSA) is 64.1 Å². The lowest BCUT2D eigenvalue weighted by Crippen LogP contribution is -2.28.